The van der Waals surface area contributed by atoms with Crippen LogP contribution in [0.2, 0.25) is 0 Å². The van der Waals surface area contributed by atoms with Crippen molar-refractivity contribution in [3.8, 4) is 0 Å². The minimum absolute atomic E-state index is 0.349. The second kappa shape index (κ2) is 6.95. The van der Waals surface area contributed by atoms with E-state index in [1.807, 2.05) is 6.92 Å². The third-order valence-electron chi connectivity index (χ3n) is 4.24. The maximum absolute atomic E-state index is 12.5. The number of hydrogen-bond acceptors (Lipinski definition) is 4. The number of aromatic nitrogens is 3. The summed E-state index contributed by atoms with van der Waals surface area (Å²) in [6.07, 6.45) is -5.05. The zero-order valence-electron chi connectivity index (χ0n) is 13.0. The molecule has 1 aliphatic heterocycles. The van der Waals surface area contributed by atoms with Crippen LogP contribution in [0.4, 0.5) is 13.2 Å². The largest absolute Gasteiger partial charge is 0.414 e. The number of likely N-dealkylation sites (tertiary alicyclic amines) is 1. The highest BCUT2D eigenvalue weighted by Crippen LogP contribution is 2.31. The second-order valence-electron chi connectivity index (χ2n) is 5.92. The SMILES string of the molecule is CCCn1c(C)nnc1CN1CCC(C(O)C(F)(F)F)CC1. The van der Waals surface area contributed by atoms with E-state index in [1.54, 1.807) is 0 Å². The van der Waals surface area contributed by atoms with Crippen molar-refractivity contribution in [1.82, 2.24) is 19.7 Å². The van der Waals surface area contributed by atoms with E-state index in [1.165, 1.54) is 0 Å². The van der Waals surface area contributed by atoms with Gasteiger partial charge in [-0.2, -0.15) is 13.2 Å². The Morgan fingerprint density at radius 2 is 1.91 bits per heavy atom. The lowest BCUT2D eigenvalue weighted by atomic mass is 9.91. The molecule has 22 heavy (non-hydrogen) atoms. The average Bonchev–Trinajstić information content (AvgIpc) is 2.80. The number of nitrogens with zero attached hydrogens (tertiary/aromatic N) is 4. The first-order chi connectivity index (χ1) is 10.3. The summed E-state index contributed by atoms with van der Waals surface area (Å²) < 4.78 is 39.7. The monoisotopic (exact) mass is 320 g/mol. The van der Waals surface area contributed by atoms with Gasteiger partial charge in [0.15, 0.2) is 6.10 Å². The first-order valence-corrected chi connectivity index (χ1v) is 7.68. The Kier molecular flexibility index (Phi) is 5.44. The molecule has 0 amide bonds. The molecule has 0 bridgehead atoms. The number of aliphatic hydroxyl groups is 1. The number of piperidine rings is 1. The van der Waals surface area contributed by atoms with Crippen LogP contribution in [0.25, 0.3) is 0 Å². The molecular formula is C14H23F3N4O. The Bertz CT molecular complexity index is 481. The Balaban J connectivity index is 1.90. The first kappa shape index (κ1) is 17.2. The lowest BCUT2D eigenvalue weighted by Crippen LogP contribution is -2.43. The molecule has 0 spiro atoms. The van der Waals surface area contributed by atoms with Crippen LogP contribution in [-0.4, -0.2) is 50.1 Å². The number of rotatable bonds is 5. The molecule has 2 heterocycles. The van der Waals surface area contributed by atoms with Gasteiger partial charge in [0.1, 0.15) is 11.6 Å². The second-order valence-corrected chi connectivity index (χ2v) is 5.92. The summed E-state index contributed by atoms with van der Waals surface area (Å²) in [6.45, 7) is 6.49. The Hall–Kier alpha value is -1.15. The Morgan fingerprint density at radius 3 is 2.45 bits per heavy atom. The van der Waals surface area contributed by atoms with Crippen LogP contribution in [-0.2, 0) is 13.1 Å². The molecule has 1 unspecified atom stereocenters. The zero-order valence-corrected chi connectivity index (χ0v) is 13.0. The van der Waals surface area contributed by atoms with Gasteiger partial charge >= 0.3 is 6.18 Å². The molecule has 1 aliphatic rings. The zero-order chi connectivity index (χ0) is 16.3. The van der Waals surface area contributed by atoms with Crippen LogP contribution in [0, 0.1) is 12.8 Å². The smallest absolute Gasteiger partial charge is 0.383 e. The van der Waals surface area contributed by atoms with Gasteiger partial charge in [0.2, 0.25) is 0 Å². The van der Waals surface area contributed by atoms with Crippen molar-refractivity contribution in [2.45, 2.75) is 58.5 Å². The van der Waals surface area contributed by atoms with Crippen molar-refractivity contribution in [3.05, 3.63) is 11.6 Å². The van der Waals surface area contributed by atoms with Crippen molar-refractivity contribution in [2.75, 3.05) is 13.1 Å². The summed E-state index contributed by atoms with van der Waals surface area (Å²) in [4.78, 5) is 2.08. The standard InChI is InChI=1S/C14H23F3N4O/c1-3-6-21-10(2)18-19-12(21)9-20-7-4-11(5-8-20)13(22)14(15,16)17/h11,13,22H,3-9H2,1-2H3. The minimum atomic E-state index is -4.52. The van der Waals surface area contributed by atoms with E-state index in [9.17, 15) is 18.3 Å². The Labute approximate surface area is 128 Å². The highest BCUT2D eigenvalue weighted by Gasteiger charge is 2.44. The molecule has 5 nitrogen and oxygen atoms in total. The van der Waals surface area contributed by atoms with Gasteiger partial charge in [-0.05, 0) is 45.2 Å². The molecule has 1 aromatic rings. The van der Waals surface area contributed by atoms with Gasteiger partial charge in [0.05, 0.1) is 6.54 Å². The van der Waals surface area contributed by atoms with Gasteiger partial charge in [-0.1, -0.05) is 6.92 Å². The van der Waals surface area contributed by atoms with E-state index < -0.39 is 18.2 Å². The quantitative estimate of drug-likeness (QED) is 0.903. The lowest BCUT2D eigenvalue weighted by molar-refractivity contribution is -0.223. The summed E-state index contributed by atoms with van der Waals surface area (Å²) in [5, 5.41) is 17.6. The first-order valence-electron chi connectivity index (χ1n) is 7.68. The molecule has 0 radical (unpaired) electrons. The highest BCUT2D eigenvalue weighted by molar-refractivity contribution is 4.95. The highest BCUT2D eigenvalue weighted by atomic mass is 19.4. The molecule has 0 aliphatic carbocycles. The fourth-order valence-electron chi connectivity index (χ4n) is 2.95. The fourth-order valence-corrected chi connectivity index (χ4v) is 2.95. The number of halogens is 3. The van der Waals surface area contributed by atoms with Gasteiger partial charge in [0.25, 0.3) is 0 Å². The van der Waals surface area contributed by atoms with E-state index in [0.29, 0.717) is 32.5 Å². The molecule has 1 N–H and O–H groups in total. The summed E-state index contributed by atoms with van der Waals surface area (Å²) in [6, 6.07) is 0. The summed E-state index contributed by atoms with van der Waals surface area (Å²) in [5.74, 6) is 1.01. The molecule has 126 valence electrons. The number of aryl methyl sites for hydroxylation is 1. The summed E-state index contributed by atoms with van der Waals surface area (Å²) >= 11 is 0. The molecule has 8 heteroatoms. The minimum Gasteiger partial charge on any atom is -0.383 e. The van der Waals surface area contributed by atoms with Crippen molar-refractivity contribution in [1.29, 1.82) is 0 Å². The van der Waals surface area contributed by atoms with Crippen molar-refractivity contribution < 1.29 is 18.3 Å². The maximum atomic E-state index is 12.5. The summed E-state index contributed by atoms with van der Waals surface area (Å²) in [7, 11) is 0. The third kappa shape index (κ3) is 3.98. The lowest BCUT2D eigenvalue weighted by Gasteiger charge is -2.34. The molecule has 0 saturated carbocycles. The molecule has 2 rings (SSSR count). The van der Waals surface area contributed by atoms with E-state index in [4.69, 9.17) is 0 Å². The van der Waals surface area contributed by atoms with Crippen molar-refractivity contribution in [3.63, 3.8) is 0 Å². The van der Waals surface area contributed by atoms with Crippen molar-refractivity contribution in [2.24, 2.45) is 5.92 Å². The van der Waals surface area contributed by atoms with Crippen molar-refractivity contribution >= 4 is 0 Å². The van der Waals surface area contributed by atoms with Gasteiger partial charge < -0.3 is 9.67 Å². The molecular weight excluding hydrogens is 297 g/mol. The van der Waals surface area contributed by atoms with E-state index in [-0.39, 0.29) is 0 Å². The molecule has 1 aromatic heterocycles. The average molecular weight is 320 g/mol. The van der Waals surface area contributed by atoms with Gasteiger partial charge in [-0.3, -0.25) is 4.90 Å². The number of hydrogen-bond donors (Lipinski definition) is 1. The van der Waals surface area contributed by atoms with Gasteiger partial charge in [-0.25, -0.2) is 0 Å². The van der Waals surface area contributed by atoms with Crippen LogP contribution in [0.15, 0.2) is 0 Å². The summed E-state index contributed by atoms with van der Waals surface area (Å²) in [5.41, 5.74) is 0. The van der Waals surface area contributed by atoms with Crippen LogP contribution in [0.3, 0.4) is 0 Å². The molecule has 1 saturated heterocycles. The van der Waals surface area contributed by atoms with Crippen LogP contribution in [0.5, 0.6) is 0 Å². The molecule has 0 aromatic carbocycles. The predicted molar refractivity (Wildman–Crippen MR) is 75.1 cm³/mol. The van der Waals surface area contributed by atoms with Crippen LogP contribution >= 0.6 is 0 Å². The third-order valence-corrected chi connectivity index (χ3v) is 4.24. The molecule has 1 fully saturated rings. The topological polar surface area (TPSA) is 54.2 Å². The van der Waals surface area contributed by atoms with Gasteiger partial charge in [0, 0.05) is 6.54 Å². The number of aliphatic hydroxyl groups excluding tert-OH is 1. The molecule has 1 atom stereocenters. The predicted octanol–water partition coefficient (Wildman–Crippen LogP) is 2.13. The van der Waals surface area contributed by atoms with Crippen LogP contribution in [0.1, 0.15) is 37.8 Å². The van der Waals surface area contributed by atoms with E-state index in [0.717, 1.165) is 24.6 Å². The fraction of sp³-hybridized carbons (Fsp3) is 0.857. The van der Waals surface area contributed by atoms with Gasteiger partial charge in [-0.15, -0.1) is 10.2 Å². The Morgan fingerprint density at radius 1 is 1.27 bits per heavy atom. The van der Waals surface area contributed by atoms with E-state index in [2.05, 4.69) is 26.6 Å². The maximum Gasteiger partial charge on any atom is 0.414 e. The number of alkyl halides is 3. The van der Waals surface area contributed by atoms with Crippen LogP contribution < -0.4 is 0 Å². The van der Waals surface area contributed by atoms with E-state index >= 15 is 0 Å². The normalized spacial score (nSPS) is 19.5.